The van der Waals surface area contributed by atoms with Gasteiger partial charge in [0.05, 0.1) is 8.07 Å². The summed E-state index contributed by atoms with van der Waals surface area (Å²) in [5.41, 5.74) is 5.06. The van der Waals surface area contributed by atoms with Gasteiger partial charge in [-0.25, -0.2) is 0 Å². The SMILES string of the molecule is C[Si](C)(C)/C=C/[Si](C)(C)c1ccc(-c2cccs2)s1. The molecule has 0 aliphatic rings. The molecule has 2 aromatic rings. The van der Waals surface area contributed by atoms with Crippen LogP contribution in [0.1, 0.15) is 0 Å². The van der Waals surface area contributed by atoms with Crippen molar-refractivity contribution in [1.29, 1.82) is 0 Å². The van der Waals surface area contributed by atoms with Crippen molar-refractivity contribution in [3.63, 3.8) is 0 Å². The van der Waals surface area contributed by atoms with E-state index < -0.39 is 16.1 Å². The summed E-state index contributed by atoms with van der Waals surface area (Å²) in [6, 6.07) is 8.99. The van der Waals surface area contributed by atoms with E-state index in [-0.39, 0.29) is 0 Å². The fourth-order valence-corrected chi connectivity index (χ4v) is 9.30. The van der Waals surface area contributed by atoms with Gasteiger partial charge in [-0.05, 0) is 22.0 Å². The highest BCUT2D eigenvalue weighted by atomic mass is 32.1. The predicted octanol–water partition coefficient (Wildman–Crippen LogP) is 5.36. The van der Waals surface area contributed by atoms with E-state index in [1.54, 1.807) is 4.50 Å². The van der Waals surface area contributed by atoms with Crippen LogP contribution < -0.4 is 4.50 Å². The van der Waals surface area contributed by atoms with Crippen molar-refractivity contribution >= 4 is 43.3 Å². The van der Waals surface area contributed by atoms with Gasteiger partial charge in [0.2, 0.25) is 0 Å². The second kappa shape index (κ2) is 5.52. The summed E-state index contributed by atoms with van der Waals surface area (Å²) in [4.78, 5) is 2.82. The van der Waals surface area contributed by atoms with Crippen LogP contribution in [0.15, 0.2) is 41.0 Å². The molecule has 0 aliphatic heterocycles. The van der Waals surface area contributed by atoms with Crippen LogP contribution in [0.4, 0.5) is 0 Å². The molecule has 2 heterocycles. The third kappa shape index (κ3) is 4.02. The van der Waals surface area contributed by atoms with E-state index in [0.29, 0.717) is 0 Å². The Kier molecular flexibility index (Phi) is 4.35. The largest absolute Gasteiger partial charge is 0.144 e. The van der Waals surface area contributed by atoms with Gasteiger partial charge in [-0.2, -0.15) is 0 Å². The standard InChI is InChI=1S/C15H22S2Si2/c1-18(2,3)11-12-19(4,5)15-9-8-14(17-15)13-7-6-10-16-13/h6-12H,1-5H3/b12-11+. The quantitative estimate of drug-likeness (QED) is 0.664. The smallest absolute Gasteiger partial charge is 0.116 e. The maximum absolute atomic E-state index is 2.54. The maximum atomic E-state index is 2.54. The molecule has 0 N–H and O–H groups in total. The first kappa shape index (κ1) is 15.0. The van der Waals surface area contributed by atoms with Crippen molar-refractivity contribution < 1.29 is 0 Å². The predicted molar refractivity (Wildman–Crippen MR) is 97.2 cm³/mol. The van der Waals surface area contributed by atoms with Crippen LogP contribution >= 0.6 is 22.7 Å². The number of hydrogen-bond acceptors (Lipinski definition) is 2. The molecule has 19 heavy (non-hydrogen) atoms. The van der Waals surface area contributed by atoms with Crippen molar-refractivity contribution in [2.75, 3.05) is 0 Å². The molecule has 0 aliphatic carbocycles. The summed E-state index contributed by atoms with van der Waals surface area (Å²) in [5.74, 6) is 0. The molecule has 2 rings (SSSR count). The van der Waals surface area contributed by atoms with Gasteiger partial charge in [0.1, 0.15) is 8.07 Å². The molecule has 0 radical (unpaired) electrons. The van der Waals surface area contributed by atoms with Crippen molar-refractivity contribution in [3.8, 4) is 9.75 Å². The van der Waals surface area contributed by atoms with Gasteiger partial charge in [0.25, 0.3) is 0 Å². The highest BCUT2D eigenvalue weighted by molar-refractivity contribution is 7.31. The van der Waals surface area contributed by atoms with Gasteiger partial charge in [-0.15, -0.1) is 28.4 Å². The number of thiophene rings is 2. The molecular weight excluding hydrogens is 300 g/mol. The number of rotatable bonds is 4. The van der Waals surface area contributed by atoms with Crippen LogP contribution in [0, 0.1) is 0 Å². The van der Waals surface area contributed by atoms with Gasteiger partial charge in [-0.1, -0.05) is 50.6 Å². The molecule has 0 fully saturated rings. The van der Waals surface area contributed by atoms with Gasteiger partial charge in [0, 0.05) is 9.75 Å². The van der Waals surface area contributed by atoms with Crippen LogP contribution in [0.3, 0.4) is 0 Å². The summed E-state index contributed by atoms with van der Waals surface area (Å²) in [6.45, 7) is 12.1. The molecule has 0 saturated carbocycles. The van der Waals surface area contributed by atoms with E-state index >= 15 is 0 Å². The summed E-state index contributed by atoms with van der Waals surface area (Å²) in [5, 5.41) is 2.16. The lowest BCUT2D eigenvalue weighted by atomic mass is 10.4. The average Bonchev–Trinajstić information content (AvgIpc) is 2.96. The number of hydrogen-bond donors (Lipinski definition) is 0. The minimum absolute atomic E-state index is 1.09. The summed E-state index contributed by atoms with van der Waals surface area (Å²) in [6.07, 6.45) is 0. The second-order valence-corrected chi connectivity index (χ2v) is 18.3. The molecule has 0 nitrogen and oxygen atoms in total. The van der Waals surface area contributed by atoms with E-state index in [9.17, 15) is 0 Å². The van der Waals surface area contributed by atoms with Crippen molar-refractivity contribution in [1.82, 2.24) is 0 Å². The molecule has 102 valence electrons. The zero-order valence-corrected chi connectivity index (χ0v) is 16.0. The molecule has 0 amide bonds. The Bertz CT molecular complexity index is 557. The Morgan fingerprint density at radius 1 is 0.895 bits per heavy atom. The zero-order chi connectivity index (χ0) is 14.1. The second-order valence-electron chi connectivity index (χ2n) is 6.56. The third-order valence-electron chi connectivity index (χ3n) is 3.01. The van der Waals surface area contributed by atoms with Crippen molar-refractivity contribution in [2.45, 2.75) is 32.7 Å². The first-order chi connectivity index (χ1) is 8.78. The van der Waals surface area contributed by atoms with E-state index in [2.05, 4.69) is 73.8 Å². The Morgan fingerprint density at radius 3 is 2.21 bits per heavy atom. The molecule has 0 spiro atoms. The highest BCUT2D eigenvalue weighted by Crippen LogP contribution is 2.29. The molecule has 0 unspecified atom stereocenters. The van der Waals surface area contributed by atoms with Crippen LogP contribution in [0.2, 0.25) is 32.7 Å². The van der Waals surface area contributed by atoms with Gasteiger partial charge in [0.15, 0.2) is 0 Å². The first-order valence-electron chi connectivity index (χ1n) is 6.62. The highest BCUT2D eigenvalue weighted by Gasteiger charge is 2.23. The molecular formula is C15H22S2Si2. The molecule has 0 atom stereocenters. The van der Waals surface area contributed by atoms with E-state index in [4.69, 9.17) is 0 Å². The Morgan fingerprint density at radius 2 is 1.63 bits per heavy atom. The van der Waals surface area contributed by atoms with Crippen molar-refractivity contribution in [2.24, 2.45) is 0 Å². The lowest BCUT2D eigenvalue weighted by Crippen LogP contribution is -2.38. The molecule has 2 aromatic heterocycles. The lowest BCUT2D eigenvalue weighted by Gasteiger charge is -2.18. The minimum atomic E-state index is -1.40. The fraction of sp³-hybridized carbons (Fsp3) is 0.333. The van der Waals surface area contributed by atoms with Crippen LogP contribution in [-0.4, -0.2) is 16.1 Å². The normalized spacial score (nSPS) is 13.3. The Labute approximate surface area is 126 Å². The summed E-state index contributed by atoms with van der Waals surface area (Å²) >= 11 is 3.82. The maximum Gasteiger partial charge on any atom is 0.116 e. The topological polar surface area (TPSA) is 0 Å². The lowest BCUT2D eigenvalue weighted by molar-refractivity contribution is 1.75. The van der Waals surface area contributed by atoms with Crippen LogP contribution in [0.25, 0.3) is 9.75 Å². The molecule has 0 aromatic carbocycles. The van der Waals surface area contributed by atoms with Gasteiger partial charge >= 0.3 is 0 Å². The van der Waals surface area contributed by atoms with E-state index in [1.807, 2.05) is 22.7 Å². The summed E-state index contributed by atoms with van der Waals surface area (Å²) in [7, 11) is -2.49. The Balaban J connectivity index is 2.24. The van der Waals surface area contributed by atoms with Gasteiger partial charge in [-0.3, -0.25) is 0 Å². The molecule has 0 saturated heterocycles. The monoisotopic (exact) mass is 322 g/mol. The third-order valence-corrected chi connectivity index (χ3v) is 10.8. The van der Waals surface area contributed by atoms with Crippen LogP contribution in [-0.2, 0) is 0 Å². The van der Waals surface area contributed by atoms with E-state index in [1.165, 1.54) is 9.75 Å². The first-order valence-corrected chi connectivity index (χ1v) is 15.0. The van der Waals surface area contributed by atoms with Gasteiger partial charge < -0.3 is 0 Å². The zero-order valence-electron chi connectivity index (χ0n) is 12.4. The molecule has 4 heteroatoms. The fourth-order valence-electron chi connectivity index (χ4n) is 1.78. The Hall–Kier alpha value is -0.426. The summed E-state index contributed by atoms with van der Waals surface area (Å²) < 4.78 is 1.59. The molecule has 0 bridgehead atoms. The van der Waals surface area contributed by atoms with Crippen LogP contribution in [0.5, 0.6) is 0 Å². The minimum Gasteiger partial charge on any atom is -0.144 e. The van der Waals surface area contributed by atoms with E-state index in [0.717, 1.165) is 0 Å². The average molecular weight is 323 g/mol. The van der Waals surface area contributed by atoms with Crippen molar-refractivity contribution in [3.05, 3.63) is 41.0 Å².